The average molecular weight is 380 g/mol. The quantitative estimate of drug-likeness (QED) is 0.847. The van der Waals surface area contributed by atoms with E-state index >= 15 is 0 Å². The van der Waals surface area contributed by atoms with Crippen LogP contribution in [0.15, 0.2) is 45.6 Å². The summed E-state index contributed by atoms with van der Waals surface area (Å²) in [6.07, 6.45) is 2.78. The number of hydrogen-bond donors (Lipinski definition) is 1. The Morgan fingerprint density at radius 1 is 1.23 bits per heavy atom. The molecule has 1 aliphatic heterocycles. The molecule has 0 amide bonds. The Morgan fingerprint density at radius 3 is 2.64 bits per heavy atom. The molecular weight excluding hydrogens is 362 g/mol. The Hall–Kier alpha value is -1.17. The molecule has 2 aromatic rings. The second kappa shape index (κ2) is 6.94. The first kappa shape index (κ1) is 15.7. The number of piperidine rings is 1. The summed E-state index contributed by atoms with van der Waals surface area (Å²) in [6.45, 7) is 0.827. The van der Waals surface area contributed by atoms with Gasteiger partial charge in [-0.05, 0) is 59.5 Å². The van der Waals surface area contributed by atoms with Crippen molar-refractivity contribution < 1.29 is 9.90 Å². The number of likely N-dealkylation sites (tertiary alicyclic amines) is 1. The molecule has 5 heteroatoms. The number of rotatable bonds is 4. The van der Waals surface area contributed by atoms with Gasteiger partial charge in [0.05, 0.1) is 6.04 Å². The number of carboxylic acid groups (broad SMARTS) is 1. The van der Waals surface area contributed by atoms with E-state index in [9.17, 15) is 9.90 Å². The van der Waals surface area contributed by atoms with Crippen LogP contribution in [0.1, 0.15) is 36.4 Å². The highest BCUT2D eigenvalue weighted by Gasteiger charge is 2.35. The van der Waals surface area contributed by atoms with Gasteiger partial charge in [0.15, 0.2) is 0 Å². The first-order valence-corrected chi connectivity index (χ1v) is 9.16. The minimum absolute atomic E-state index is 0.0146. The number of thiophene rings is 1. The molecule has 3 nitrogen and oxygen atoms in total. The van der Waals surface area contributed by atoms with Crippen LogP contribution >= 0.6 is 27.3 Å². The average Bonchev–Trinajstić information content (AvgIpc) is 3.04. The molecule has 1 N–H and O–H groups in total. The molecule has 1 aromatic carbocycles. The van der Waals surface area contributed by atoms with E-state index in [4.69, 9.17) is 0 Å². The molecule has 1 saturated heterocycles. The summed E-state index contributed by atoms with van der Waals surface area (Å²) < 4.78 is 1.04. The van der Waals surface area contributed by atoms with Gasteiger partial charge in [-0.1, -0.05) is 34.5 Å². The van der Waals surface area contributed by atoms with E-state index < -0.39 is 12.0 Å². The fraction of sp³-hybridized carbons (Fsp3) is 0.353. The topological polar surface area (TPSA) is 40.5 Å². The minimum atomic E-state index is -0.711. The standard InChI is InChI=1S/C17H18BrNO2S/c18-14-6-4-12(5-7-14)16(13-8-10-22-11-13)19-9-2-1-3-15(19)17(20)21/h4-8,10-11,15-16H,1-3,9H2,(H,20,21). The lowest BCUT2D eigenvalue weighted by molar-refractivity contribution is -0.145. The predicted molar refractivity (Wildman–Crippen MR) is 92.3 cm³/mol. The van der Waals surface area contributed by atoms with Crippen LogP contribution in [0.5, 0.6) is 0 Å². The van der Waals surface area contributed by atoms with Crippen LogP contribution in [0.25, 0.3) is 0 Å². The lowest BCUT2D eigenvalue weighted by Gasteiger charge is -2.39. The second-order valence-corrected chi connectivity index (χ2v) is 7.29. The monoisotopic (exact) mass is 379 g/mol. The third-order valence-corrected chi connectivity index (χ3v) is 5.44. The number of carbonyl (C=O) groups is 1. The third kappa shape index (κ3) is 3.26. The van der Waals surface area contributed by atoms with Gasteiger partial charge in [-0.15, -0.1) is 0 Å². The maximum atomic E-state index is 11.7. The molecule has 2 unspecified atom stereocenters. The molecule has 2 atom stereocenters. The second-order valence-electron chi connectivity index (χ2n) is 5.60. The SMILES string of the molecule is O=C(O)C1CCCCN1C(c1ccc(Br)cc1)c1ccsc1. The molecule has 1 fully saturated rings. The van der Waals surface area contributed by atoms with E-state index in [0.29, 0.717) is 0 Å². The van der Waals surface area contributed by atoms with E-state index in [-0.39, 0.29) is 6.04 Å². The zero-order valence-electron chi connectivity index (χ0n) is 12.1. The maximum absolute atomic E-state index is 11.7. The van der Waals surface area contributed by atoms with Crippen LogP contribution in [0, 0.1) is 0 Å². The lowest BCUT2D eigenvalue weighted by Crippen LogP contribution is -2.46. The van der Waals surface area contributed by atoms with Crippen molar-refractivity contribution in [3.8, 4) is 0 Å². The predicted octanol–water partition coefficient (Wildman–Crippen LogP) is 4.54. The number of nitrogens with zero attached hydrogens (tertiary/aromatic N) is 1. The summed E-state index contributed by atoms with van der Waals surface area (Å²) >= 11 is 5.12. The van der Waals surface area contributed by atoms with E-state index in [0.717, 1.165) is 35.8 Å². The number of hydrogen-bond acceptors (Lipinski definition) is 3. The summed E-state index contributed by atoms with van der Waals surface area (Å²) in [5, 5.41) is 13.8. The Kier molecular flexibility index (Phi) is 4.96. The molecule has 1 aromatic heterocycles. The Morgan fingerprint density at radius 2 is 2.00 bits per heavy atom. The van der Waals surface area contributed by atoms with Crippen molar-refractivity contribution in [1.29, 1.82) is 0 Å². The molecule has 1 aliphatic rings. The number of benzene rings is 1. The first-order valence-electron chi connectivity index (χ1n) is 7.43. The Bertz CT molecular complexity index is 627. The molecule has 116 valence electrons. The van der Waals surface area contributed by atoms with Gasteiger partial charge in [-0.3, -0.25) is 9.69 Å². The van der Waals surface area contributed by atoms with Crippen LogP contribution < -0.4 is 0 Å². The minimum Gasteiger partial charge on any atom is -0.480 e. The van der Waals surface area contributed by atoms with Gasteiger partial charge >= 0.3 is 5.97 Å². The van der Waals surface area contributed by atoms with Crippen LogP contribution in [-0.4, -0.2) is 28.6 Å². The highest BCUT2D eigenvalue weighted by molar-refractivity contribution is 9.10. The zero-order chi connectivity index (χ0) is 15.5. The molecule has 0 aliphatic carbocycles. The van der Waals surface area contributed by atoms with Gasteiger partial charge in [-0.25, -0.2) is 0 Å². The van der Waals surface area contributed by atoms with E-state index in [1.807, 2.05) is 12.1 Å². The van der Waals surface area contributed by atoms with E-state index in [1.54, 1.807) is 11.3 Å². The number of carboxylic acids is 1. The van der Waals surface area contributed by atoms with Crippen molar-refractivity contribution in [1.82, 2.24) is 4.90 Å². The van der Waals surface area contributed by atoms with Crippen LogP contribution in [0.3, 0.4) is 0 Å². The van der Waals surface area contributed by atoms with Gasteiger partial charge in [0.25, 0.3) is 0 Å². The molecule has 0 radical (unpaired) electrons. The summed E-state index contributed by atoms with van der Waals surface area (Å²) in [5.41, 5.74) is 2.33. The fourth-order valence-corrected chi connectivity index (χ4v) is 4.12. The fourth-order valence-electron chi connectivity index (χ4n) is 3.18. The van der Waals surface area contributed by atoms with Crippen molar-refractivity contribution in [2.45, 2.75) is 31.3 Å². The van der Waals surface area contributed by atoms with Crippen molar-refractivity contribution in [2.75, 3.05) is 6.54 Å². The van der Waals surface area contributed by atoms with Gasteiger partial charge in [0.2, 0.25) is 0 Å². The van der Waals surface area contributed by atoms with Gasteiger partial charge in [0.1, 0.15) is 6.04 Å². The zero-order valence-corrected chi connectivity index (χ0v) is 14.5. The van der Waals surface area contributed by atoms with Gasteiger partial charge < -0.3 is 5.11 Å². The Labute approximate surface area is 142 Å². The van der Waals surface area contributed by atoms with E-state index in [2.05, 4.69) is 49.8 Å². The highest BCUT2D eigenvalue weighted by Crippen LogP contribution is 2.35. The van der Waals surface area contributed by atoms with Crippen LogP contribution in [0.4, 0.5) is 0 Å². The van der Waals surface area contributed by atoms with Gasteiger partial charge in [0, 0.05) is 4.47 Å². The lowest BCUT2D eigenvalue weighted by atomic mass is 9.93. The highest BCUT2D eigenvalue weighted by atomic mass is 79.9. The number of aliphatic carboxylic acids is 1. The van der Waals surface area contributed by atoms with Crippen LogP contribution in [-0.2, 0) is 4.79 Å². The van der Waals surface area contributed by atoms with Crippen LogP contribution in [0.2, 0.25) is 0 Å². The van der Waals surface area contributed by atoms with E-state index in [1.165, 1.54) is 5.56 Å². The molecule has 22 heavy (non-hydrogen) atoms. The van der Waals surface area contributed by atoms with Crippen molar-refractivity contribution in [2.24, 2.45) is 0 Å². The maximum Gasteiger partial charge on any atom is 0.320 e. The summed E-state index contributed by atoms with van der Waals surface area (Å²) in [7, 11) is 0. The summed E-state index contributed by atoms with van der Waals surface area (Å²) in [5.74, 6) is -0.711. The molecular formula is C17H18BrNO2S. The number of halogens is 1. The third-order valence-electron chi connectivity index (χ3n) is 4.21. The van der Waals surface area contributed by atoms with Crippen molar-refractivity contribution in [3.63, 3.8) is 0 Å². The molecule has 3 rings (SSSR count). The normalized spacial score (nSPS) is 20.7. The summed E-state index contributed by atoms with van der Waals surface area (Å²) in [6, 6.07) is 9.93. The van der Waals surface area contributed by atoms with Crippen molar-refractivity contribution in [3.05, 3.63) is 56.7 Å². The molecule has 0 saturated carbocycles. The summed E-state index contributed by atoms with van der Waals surface area (Å²) in [4.78, 5) is 13.8. The van der Waals surface area contributed by atoms with Gasteiger partial charge in [-0.2, -0.15) is 11.3 Å². The van der Waals surface area contributed by atoms with Crippen molar-refractivity contribution >= 4 is 33.2 Å². The molecule has 2 heterocycles. The smallest absolute Gasteiger partial charge is 0.320 e. The largest absolute Gasteiger partial charge is 0.480 e. The molecule has 0 spiro atoms. The Balaban J connectivity index is 2.01. The first-order chi connectivity index (χ1) is 10.7. The molecule has 0 bridgehead atoms.